The molecule has 0 radical (unpaired) electrons. The Labute approximate surface area is 242 Å². The zero-order valence-corrected chi connectivity index (χ0v) is 27.6. The van der Waals surface area contributed by atoms with E-state index in [4.69, 9.17) is 4.74 Å². The standard InChI is InChI=1S/C20H12I6O/c1-9-15(21)10(2)18(24)13(17(9)23)5-7-27-8-6-14-19(25)11(3)16(22)12(4)20(14)26/h1-4H3. The monoisotopic (exact) mass is 1030 g/mol. The number of rotatable bonds is 0. The fourth-order valence-electron chi connectivity index (χ4n) is 2.29. The molecule has 0 bridgehead atoms. The second kappa shape index (κ2) is 10.9. The maximum atomic E-state index is 5.34. The average molecular weight is 1030 g/mol. The van der Waals surface area contributed by atoms with Crippen LogP contribution < -0.4 is 0 Å². The average Bonchev–Trinajstić information content (AvgIpc) is 2.66. The van der Waals surface area contributed by atoms with Gasteiger partial charge in [-0.05, 0) is 197 Å². The normalized spacial score (nSPS) is 10.0. The van der Waals surface area contributed by atoms with Gasteiger partial charge < -0.3 is 4.74 Å². The van der Waals surface area contributed by atoms with Gasteiger partial charge in [0.25, 0.3) is 0 Å². The van der Waals surface area contributed by atoms with E-state index in [1.54, 1.807) is 0 Å². The Kier molecular flexibility index (Phi) is 10.1. The topological polar surface area (TPSA) is 9.23 Å². The minimum Gasteiger partial charge on any atom is -0.356 e. The quantitative estimate of drug-likeness (QED) is 0.193. The lowest BCUT2D eigenvalue weighted by Gasteiger charge is -2.11. The first-order valence-corrected chi connectivity index (χ1v) is 14.0. The molecule has 0 aliphatic carbocycles. The first kappa shape index (κ1) is 25.0. The van der Waals surface area contributed by atoms with Crippen molar-refractivity contribution in [2.24, 2.45) is 0 Å². The third-order valence-corrected chi connectivity index (χ3v) is 12.6. The molecule has 0 aliphatic heterocycles. The van der Waals surface area contributed by atoms with Gasteiger partial charge in [0, 0.05) is 21.4 Å². The molecule has 0 saturated carbocycles. The second-order valence-corrected chi connectivity index (χ2v) is 12.2. The van der Waals surface area contributed by atoms with Gasteiger partial charge in [0.15, 0.2) is 0 Å². The molecule has 0 aliphatic rings. The summed E-state index contributed by atoms with van der Waals surface area (Å²) in [4.78, 5) is 0. The minimum atomic E-state index is 1.01. The molecule has 0 N–H and O–H groups in total. The molecule has 0 saturated heterocycles. The molecule has 27 heavy (non-hydrogen) atoms. The highest BCUT2D eigenvalue weighted by Crippen LogP contribution is 2.31. The molecule has 1 nitrogen and oxygen atoms in total. The summed E-state index contributed by atoms with van der Waals surface area (Å²) in [6.45, 7) is 8.52. The van der Waals surface area contributed by atoms with Crippen LogP contribution in [0.4, 0.5) is 0 Å². The lowest BCUT2D eigenvalue weighted by molar-refractivity contribution is 0.479. The summed E-state index contributed by atoms with van der Waals surface area (Å²) in [6, 6.07) is 0. The molecular formula is C20H12I6O. The predicted molar refractivity (Wildman–Crippen MR) is 163 cm³/mol. The number of benzene rings is 2. The Morgan fingerprint density at radius 1 is 0.481 bits per heavy atom. The first-order chi connectivity index (χ1) is 12.6. The summed E-state index contributed by atoms with van der Waals surface area (Å²) in [6.07, 6.45) is 5.53. The van der Waals surface area contributed by atoms with Crippen LogP contribution in [0.25, 0.3) is 0 Å². The largest absolute Gasteiger partial charge is 0.356 e. The van der Waals surface area contributed by atoms with Gasteiger partial charge in [0.2, 0.25) is 0 Å². The van der Waals surface area contributed by atoms with Gasteiger partial charge in [0.05, 0.1) is 11.1 Å². The van der Waals surface area contributed by atoms with Gasteiger partial charge in [-0.2, -0.15) is 0 Å². The number of hydrogen-bond acceptors (Lipinski definition) is 1. The van der Waals surface area contributed by atoms with E-state index in [2.05, 4.69) is 187 Å². The number of halogens is 6. The lowest BCUT2D eigenvalue weighted by atomic mass is 10.1. The summed E-state index contributed by atoms with van der Waals surface area (Å²) in [5.41, 5.74) is 7.07. The van der Waals surface area contributed by atoms with Crippen LogP contribution in [0.1, 0.15) is 33.4 Å². The smallest absolute Gasteiger partial charge is 0.135 e. The summed E-state index contributed by atoms with van der Waals surface area (Å²) < 4.78 is 12.6. The minimum absolute atomic E-state index is 1.01. The van der Waals surface area contributed by atoms with Crippen molar-refractivity contribution in [2.75, 3.05) is 0 Å². The Hall–Kier alpha value is 1.74. The van der Waals surface area contributed by atoms with Crippen LogP contribution in [-0.4, -0.2) is 0 Å². The van der Waals surface area contributed by atoms with Crippen LogP contribution in [-0.2, 0) is 4.74 Å². The molecule has 140 valence electrons. The van der Waals surface area contributed by atoms with Gasteiger partial charge in [0.1, 0.15) is 12.2 Å². The van der Waals surface area contributed by atoms with Gasteiger partial charge in [-0.15, -0.1) is 0 Å². The van der Waals surface area contributed by atoms with Crippen molar-refractivity contribution in [3.05, 3.63) is 54.8 Å². The zero-order chi connectivity index (χ0) is 20.5. The van der Waals surface area contributed by atoms with Crippen LogP contribution in [0.15, 0.2) is 0 Å². The van der Waals surface area contributed by atoms with Gasteiger partial charge in [-0.3, -0.25) is 0 Å². The molecule has 0 spiro atoms. The van der Waals surface area contributed by atoms with Crippen molar-refractivity contribution in [3.63, 3.8) is 0 Å². The molecule has 2 rings (SSSR count). The van der Waals surface area contributed by atoms with Crippen LogP contribution in [0.2, 0.25) is 0 Å². The van der Waals surface area contributed by atoms with Crippen LogP contribution in [0.5, 0.6) is 0 Å². The SMILES string of the molecule is Cc1c(I)c(C)c(I)c(C#COC#Cc2c(I)c(C)c(I)c(C)c2I)c1I. The van der Waals surface area contributed by atoms with Crippen molar-refractivity contribution in [1.29, 1.82) is 0 Å². The van der Waals surface area contributed by atoms with E-state index in [9.17, 15) is 0 Å². The molecule has 0 heterocycles. The van der Waals surface area contributed by atoms with Crippen molar-refractivity contribution in [3.8, 4) is 24.1 Å². The van der Waals surface area contributed by atoms with E-state index in [1.165, 1.54) is 43.7 Å². The number of hydrogen-bond donors (Lipinski definition) is 0. The lowest BCUT2D eigenvalue weighted by Crippen LogP contribution is -2.00. The van der Waals surface area contributed by atoms with Gasteiger partial charge >= 0.3 is 0 Å². The Morgan fingerprint density at radius 2 is 0.741 bits per heavy atom. The zero-order valence-electron chi connectivity index (χ0n) is 14.7. The molecule has 2 aromatic carbocycles. The Morgan fingerprint density at radius 3 is 1.00 bits per heavy atom. The molecular weight excluding hydrogens is 1020 g/mol. The van der Waals surface area contributed by atoms with Crippen molar-refractivity contribution >= 4 is 136 Å². The highest BCUT2D eigenvalue weighted by molar-refractivity contribution is 14.1. The maximum absolute atomic E-state index is 5.34. The van der Waals surface area contributed by atoms with Crippen molar-refractivity contribution in [1.82, 2.24) is 0 Å². The number of ether oxygens (including phenoxy) is 1. The second-order valence-electron chi connectivity index (χ2n) is 5.69. The molecule has 7 heteroatoms. The highest BCUT2D eigenvalue weighted by Gasteiger charge is 2.15. The first-order valence-electron chi connectivity index (χ1n) is 7.54. The Bertz CT molecular complexity index is 921. The predicted octanol–water partition coefficient (Wildman–Crippen LogP) is 7.88. The third kappa shape index (κ3) is 5.51. The molecule has 0 amide bonds. The van der Waals surface area contributed by atoms with Crippen LogP contribution >= 0.6 is 136 Å². The summed E-state index contributed by atoms with van der Waals surface area (Å²) in [5.74, 6) is 6.28. The summed E-state index contributed by atoms with van der Waals surface area (Å²) in [5, 5.41) is 0. The van der Waals surface area contributed by atoms with Crippen molar-refractivity contribution in [2.45, 2.75) is 27.7 Å². The molecule has 0 atom stereocenters. The van der Waals surface area contributed by atoms with Crippen LogP contribution in [0.3, 0.4) is 0 Å². The van der Waals surface area contributed by atoms with E-state index >= 15 is 0 Å². The van der Waals surface area contributed by atoms with E-state index in [0.717, 1.165) is 11.1 Å². The van der Waals surface area contributed by atoms with Gasteiger partial charge in [-0.25, -0.2) is 0 Å². The summed E-state index contributed by atoms with van der Waals surface area (Å²) >= 11 is 14.2. The van der Waals surface area contributed by atoms with Gasteiger partial charge in [-0.1, -0.05) is 0 Å². The van der Waals surface area contributed by atoms with Crippen LogP contribution in [0, 0.1) is 73.2 Å². The van der Waals surface area contributed by atoms with E-state index < -0.39 is 0 Å². The Balaban J connectivity index is 2.35. The fraction of sp³-hybridized carbons (Fsp3) is 0.200. The van der Waals surface area contributed by atoms with E-state index in [1.807, 2.05) is 0 Å². The molecule has 0 aromatic heterocycles. The third-order valence-electron chi connectivity index (χ3n) is 3.97. The summed E-state index contributed by atoms with van der Waals surface area (Å²) in [7, 11) is 0. The highest BCUT2D eigenvalue weighted by atomic mass is 127. The molecule has 0 unspecified atom stereocenters. The molecule has 0 fully saturated rings. The van der Waals surface area contributed by atoms with E-state index in [-0.39, 0.29) is 0 Å². The molecule has 2 aromatic rings. The fourth-order valence-corrected chi connectivity index (χ4v) is 9.16. The maximum Gasteiger partial charge on any atom is 0.135 e. The van der Waals surface area contributed by atoms with Crippen molar-refractivity contribution < 1.29 is 4.74 Å². The van der Waals surface area contributed by atoms with E-state index in [0.29, 0.717) is 0 Å².